The molecular weight excluding hydrogens is 550 g/mol. The lowest BCUT2D eigenvalue weighted by atomic mass is 9.96. The van der Waals surface area contributed by atoms with Crippen molar-refractivity contribution in [1.29, 1.82) is 0 Å². The lowest BCUT2D eigenvalue weighted by molar-refractivity contribution is -0.139. The molecule has 210 valence electrons. The number of carbonyl (C=O) groups excluding carboxylic acids is 1. The van der Waals surface area contributed by atoms with Gasteiger partial charge >= 0.3 is 5.97 Å². The molecule has 1 unspecified atom stereocenters. The Morgan fingerprint density at radius 1 is 1.02 bits per heavy atom. The number of thiazole rings is 1. The first-order chi connectivity index (χ1) is 20.5. The molecule has 1 aliphatic rings. The molecule has 0 spiro atoms. The van der Waals surface area contributed by atoms with E-state index in [0.717, 1.165) is 28.1 Å². The van der Waals surface area contributed by atoms with Crippen molar-refractivity contribution in [3.63, 3.8) is 0 Å². The van der Waals surface area contributed by atoms with E-state index in [1.54, 1.807) is 30.2 Å². The number of para-hydroxylation sites is 1. The smallest absolute Gasteiger partial charge is 0.338 e. The van der Waals surface area contributed by atoms with Crippen molar-refractivity contribution in [1.82, 2.24) is 19.6 Å². The second-order valence-corrected chi connectivity index (χ2v) is 10.6. The average Bonchev–Trinajstić information content (AvgIpc) is 3.62. The second kappa shape index (κ2) is 11.4. The predicted octanol–water partition coefficient (Wildman–Crippen LogP) is 4.05. The third-order valence-corrected chi connectivity index (χ3v) is 7.96. The van der Waals surface area contributed by atoms with Crippen LogP contribution in [-0.4, -0.2) is 39.2 Å². The SMILES string of the molecule is CCOC(=O)C1=C(C)N=c2s/c(=C\c3ccccc3-n3cc(-c4ccc(OC)cc4)nn3)c(=O)n2C1c1ccccc1. The summed E-state index contributed by atoms with van der Waals surface area (Å²) >= 11 is 1.28. The van der Waals surface area contributed by atoms with Crippen molar-refractivity contribution in [3.05, 3.63) is 127 Å². The van der Waals surface area contributed by atoms with Crippen molar-refractivity contribution in [3.8, 4) is 22.7 Å². The summed E-state index contributed by atoms with van der Waals surface area (Å²) in [5.41, 5.74) is 4.61. The summed E-state index contributed by atoms with van der Waals surface area (Å²) in [6.07, 6.45) is 3.68. The number of rotatable bonds is 7. The second-order valence-electron chi connectivity index (χ2n) is 9.55. The molecule has 0 amide bonds. The summed E-state index contributed by atoms with van der Waals surface area (Å²) < 4.78 is 14.4. The number of nitrogens with zero attached hydrogens (tertiary/aromatic N) is 5. The van der Waals surface area contributed by atoms with Crippen LogP contribution < -0.4 is 19.6 Å². The Kier molecular flexibility index (Phi) is 7.37. The maximum atomic E-state index is 14.0. The highest BCUT2D eigenvalue weighted by atomic mass is 32.1. The molecule has 0 aliphatic carbocycles. The molecule has 0 N–H and O–H groups in total. The van der Waals surface area contributed by atoms with E-state index in [-0.39, 0.29) is 12.2 Å². The molecule has 0 saturated carbocycles. The zero-order valence-electron chi connectivity index (χ0n) is 23.2. The molecule has 10 heteroatoms. The topological polar surface area (TPSA) is 101 Å². The van der Waals surface area contributed by atoms with Gasteiger partial charge in [0.15, 0.2) is 4.80 Å². The maximum absolute atomic E-state index is 14.0. The van der Waals surface area contributed by atoms with E-state index >= 15 is 0 Å². The highest BCUT2D eigenvalue weighted by Gasteiger charge is 2.33. The van der Waals surface area contributed by atoms with E-state index in [2.05, 4.69) is 15.3 Å². The Hall–Kier alpha value is -5.09. The van der Waals surface area contributed by atoms with Gasteiger partial charge in [0, 0.05) is 11.1 Å². The highest BCUT2D eigenvalue weighted by Crippen LogP contribution is 2.30. The van der Waals surface area contributed by atoms with Gasteiger partial charge in [0.1, 0.15) is 11.4 Å². The van der Waals surface area contributed by atoms with E-state index in [1.807, 2.05) is 91.1 Å². The third kappa shape index (κ3) is 4.97. The molecule has 1 aliphatic heterocycles. The largest absolute Gasteiger partial charge is 0.497 e. The Morgan fingerprint density at radius 2 is 1.76 bits per heavy atom. The molecule has 2 aromatic heterocycles. The Balaban J connectivity index is 1.45. The van der Waals surface area contributed by atoms with E-state index in [4.69, 9.17) is 9.47 Å². The van der Waals surface area contributed by atoms with Gasteiger partial charge in [0.25, 0.3) is 5.56 Å². The molecule has 6 rings (SSSR count). The normalized spacial score (nSPS) is 14.8. The van der Waals surface area contributed by atoms with Crippen LogP contribution in [0.4, 0.5) is 0 Å². The number of esters is 1. The summed E-state index contributed by atoms with van der Waals surface area (Å²) in [5, 5.41) is 8.72. The number of benzene rings is 3. The molecule has 0 bridgehead atoms. The number of carbonyl (C=O) groups is 1. The Bertz CT molecular complexity index is 1990. The number of hydrogen-bond acceptors (Lipinski definition) is 8. The minimum absolute atomic E-state index is 0.223. The van der Waals surface area contributed by atoms with Gasteiger partial charge in [-0.05, 0) is 55.8 Å². The van der Waals surface area contributed by atoms with Gasteiger partial charge in [-0.2, -0.15) is 0 Å². The van der Waals surface area contributed by atoms with Gasteiger partial charge in [0.05, 0.1) is 47.4 Å². The molecule has 3 heterocycles. The maximum Gasteiger partial charge on any atom is 0.338 e. The first-order valence-corrected chi connectivity index (χ1v) is 14.2. The highest BCUT2D eigenvalue weighted by molar-refractivity contribution is 7.07. The quantitative estimate of drug-likeness (QED) is 0.271. The monoisotopic (exact) mass is 577 g/mol. The zero-order valence-corrected chi connectivity index (χ0v) is 24.0. The molecule has 0 radical (unpaired) electrons. The van der Waals surface area contributed by atoms with Crippen LogP contribution in [0.25, 0.3) is 23.0 Å². The number of fused-ring (bicyclic) bond motifs is 1. The van der Waals surface area contributed by atoms with Crippen LogP contribution in [0.15, 0.2) is 106 Å². The van der Waals surface area contributed by atoms with Crippen LogP contribution in [-0.2, 0) is 9.53 Å². The first kappa shape index (κ1) is 27.1. The van der Waals surface area contributed by atoms with Crippen molar-refractivity contribution in [2.45, 2.75) is 19.9 Å². The van der Waals surface area contributed by atoms with E-state index in [9.17, 15) is 9.59 Å². The summed E-state index contributed by atoms with van der Waals surface area (Å²) in [4.78, 5) is 32.2. The molecular formula is C32H27N5O4S. The Morgan fingerprint density at radius 3 is 2.50 bits per heavy atom. The first-order valence-electron chi connectivity index (χ1n) is 13.4. The fourth-order valence-corrected chi connectivity index (χ4v) is 6.01. The van der Waals surface area contributed by atoms with E-state index in [0.29, 0.717) is 26.3 Å². The molecule has 1 atom stereocenters. The Labute approximate surface area is 245 Å². The summed E-state index contributed by atoms with van der Waals surface area (Å²) in [6, 6.07) is 24.1. The van der Waals surface area contributed by atoms with Crippen molar-refractivity contribution >= 4 is 23.4 Å². The van der Waals surface area contributed by atoms with Crippen LogP contribution in [0, 0.1) is 0 Å². The van der Waals surface area contributed by atoms with Crippen LogP contribution in [0.3, 0.4) is 0 Å². The lowest BCUT2D eigenvalue weighted by Gasteiger charge is -2.24. The number of methoxy groups -OCH3 is 1. The van der Waals surface area contributed by atoms with E-state index < -0.39 is 12.0 Å². The molecule has 0 saturated heterocycles. The lowest BCUT2D eigenvalue weighted by Crippen LogP contribution is -2.39. The third-order valence-electron chi connectivity index (χ3n) is 6.98. The number of allylic oxidation sites excluding steroid dienone is 1. The van der Waals surface area contributed by atoms with Gasteiger partial charge in [-0.15, -0.1) is 5.10 Å². The number of hydrogen-bond donors (Lipinski definition) is 0. The minimum Gasteiger partial charge on any atom is -0.497 e. The number of aromatic nitrogens is 4. The predicted molar refractivity (Wildman–Crippen MR) is 160 cm³/mol. The van der Waals surface area contributed by atoms with Gasteiger partial charge in [-0.3, -0.25) is 9.36 Å². The molecule has 3 aromatic carbocycles. The summed E-state index contributed by atoms with van der Waals surface area (Å²) in [5.74, 6) is 0.281. The summed E-state index contributed by atoms with van der Waals surface area (Å²) in [7, 11) is 1.63. The molecule has 5 aromatic rings. The molecule has 0 fully saturated rings. The van der Waals surface area contributed by atoms with Crippen molar-refractivity contribution in [2.24, 2.45) is 4.99 Å². The van der Waals surface area contributed by atoms with Crippen molar-refractivity contribution in [2.75, 3.05) is 13.7 Å². The van der Waals surface area contributed by atoms with Gasteiger partial charge in [0.2, 0.25) is 0 Å². The average molecular weight is 578 g/mol. The standard InChI is InChI=1S/C32H27N5O4S/c1-4-41-31(39)28-20(2)33-32-37(29(28)22-10-6-5-7-11-22)30(38)27(42-32)18-23-12-8-9-13-26(23)36-19-25(34-35-36)21-14-16-24(40-3)17-15-21/h5-19,29H,4H2,1-3H3/b27-18-. The van der Waals surface area contributed by atoms with E-state index in [1.165, 1.54) is 11.3 Å². The fourth-order valence-electron chi connectivity index (χ4n) is 4.98. The molecule has 42 heavy (non-hydrogen) atoms. The van der Waals surface area contributed by atoms with Crippen LogP contribution in [0.2, 0.25) is 0 Å². The van der Waals surface area contributed by atoms with Crippen molar-refractivity contribution < 1.29 is 14.3 Å². The molecule has 9 nitrogen and oxygen atoms in total. The number of ether oxygens (including phenoxy) is 2. The van der Waals surface area contributed by atoms with Gasteiger partial charge in [-0.25, -0.2) is 14.5 Å². The summed E-state index contributed by atoms with van der Waals surface area (Å²) in [6.45, 7) is 3.76. The van der Waals surface area contributed by atoms with Crippen LogP contribution in [0.1, 0.15) is 31.0 Å². The van der Waals surface area contributed by atoms with Gasteiger partial charge in [-0.1, -0.05) is 65.1 Å². The zero-order chi connectivity index (χ0) is 29.2. The minimum atomic E-state index is -0.652. The fraction of sp³-hybridized carbons (Fsp3) is 0.156. The van der Waals surface area contributed by atoms with Gasteiger partial charge < -0.3 is 9.47 Å². The van der Waals surface area contributed by atoms with Crippen LogP contribution >= 0.6 is 11.3 Å². The van der Waals surface area contributed by atoms with Crippen LogP contribution in [0.5, 0.6) is 5.75 Å².